The quantitative estimate of drug-likeness (QED) is 0.878. The summed E-state index contributed by atoms with van der Waals surface area (Å²) in [7, 11) is 0. The van der Waals surface area contributed by atoms with Crippen molar-refractivity contribution in [1.29, 1.82) is 0 Å². The third kappa shape index (κ3) is 3.33. The summed E-state index contributed by atoms with van der Waals surface area (Å²) in [4.78, 5) is 6.83. The Kier molecular flexibility index (Phi) is 4.63. The second kappa shape index (κ2) is 6.22. The summed E-state index contributed by atoms with van der Waals surface area (Å²) in [5.41, 5.74) is 5.61. The zero-order valence-corrected chi connectivity index (χ0v) is 10.9. The van der Waals surface area contributed by atoms with Crippen molar-refractivity contribution in [3.8, 4) is 0 Å². The zero-order valence-electron chi connectivity index (χ0n) is 10.1. The Hall–Kier alpha value is -0.800. The van der Waals surface area contributed by atoms with Crippen LogP contribution in [0.1, 0.15) is 32.1 Å². The molecule has 0 spiro atoms. The maximum absolute atomic E-state index is 5.88. The fraction of sp³-hybridized carbons (Fsp3) is 0.615. The number of hydrogen-bond donors (Lipinski definition) is 1. The van der Waals surface area contributed by atoms with Gasteiger partial charge in [0.2, 0.25) is 0 Å². The first-order valence-electron chi connectivity index (χ1n) is 6.39. The van der Waals surface area contributed by atoms with Crippen LogP contribution >= 0.6 is 11.6 Å². The van der Waals surface area contributed by atoms with Crippen LogP contribution in [0, 0.1) is 0 Å². The minimum atomic E-state index is 0.634. The predicted molar refractivity (Wildman–Crippen MR) is 72.5 cm³/mol. The van der Waals surface area contributed by atoms with Crippen LogP contribution in [0.2, 0.25) is 5.02 Å². The lowest BCUT2D eigenvalue weighted by molar-refractivity contribution is 0.587. The number of rotatable bonds is 5. The summed E-state index contributed by atoms with van der Waals surface area (Å²) < 4.78 is 0. The lowest BCUT2D eigenvalue weighted by Gasteiger charge is -2.30. The van der Waals surface area contributed by atoms with E-state index in [1.807, 2.05) is 12.1 Å². The molecule has 0 unspecified atom stereocenters. The molecule has 0 bridgehead atoms. The molecule has 2 rings (SSSR count). The monoisotopic (exact) mass is 253 g/mol. The van der Waals surface area contributed by atoms with Crippen molar-refractivity contribution in [2.24, 2.45) is 5.73 Å². The largest absolute Gasteiger partial charge is 0.354 e. The molecule has 0 atom stereocenters. The Morgan fingerprint density at radius 1 is 1.35 bits per heavy atom. The predicted octanol–water partition coefficient (Wildman–Crippen LogP) is 2.83. The van der Waals surface area contributed by atoms with E-state index in [1.54, 1.807) is 6.20 Å². The topological polar surface area (TPSA) is 42.1 Å². The van der Waals surface area contributed by atoms with Crippen molar-refractivity contribution in [1.82, 2.24) is 4.98 Å². The Morgan fingerprint density at radius 2 is 2.12 bits per heavy atom. The molecule has 0 aromatic carbocycles. The first kappa shape index (κ1) is 12.7. The van der Waals surface area contributed by atoms with E-state index in [-0.39, 0.29) is 0 Å². The van der Waals surface area contributed by atoms with Crippen molar-refractivity contribution in [3.05, 3.63) is 23.4 Å². The molecule has 3 nitrogen and oxygen atoms in total. The molecule has 4 heteroatoms. The van der Waals surface area contributed by atoms with E-state index in [9.17, 15) is 0 Å². The lowest BCUT2D eigenvalue weighted by Crippen LogP contribution is -2.35. The van der Waals surface area contributed by atoms with Gasteiger partial charge in [0.1, 0.15) is 5.82 Å². The smallest absolute Gasteiger partial charge is 0.128 e. The van der Waals surface area contributed by atoms with E-state index >= 15 is 0 Å². The number of nitrogens with zero attached hydrogens (tertiary/aromatic N) is 2. The Morgan fingerprint density at radius 3 is 2.71 bits per heavy atom. The van der Waals surface area contributed by atoms with Crippen molar-refractivity contribution in [2.75, 3.05) is 18.0 Å². The Bertz CT molecular complexity index is 333. The second-order valence-electron chi connectivity index (χ2n) is 4.61. The Labute approximate surface area is 108 Å². The van der Waals surface area contributed by atoms with Crippen LogP contribution in [0.15, 0.2) is 18.3 Å². The van der Waals surface area contributed by atoms with Gasteiger partial charge in [0.25, 0.3) is 0 Å². The van der Waals surface area contributed by atoms with Crippen LogP contribution in [-0.4, -0.2) is 24.1 Å². The molecule has 0 saturated heterocycles. The molecule has 0 amide bonds. The average Bonchev–Trinajstić information content (AvgIpc) is 2.85. The van der Waals surface area contributed by atoms with E-state index in [1.165, 1.54) is 25.7 Å². The van der Waals surface area contributed by atoms with E-state index in [4.69, 9.17) is 17.3 Å². The molecular formula is C13H20ClN3. The van der Waals surface area contributed by atoms with Crippen molar-refractivity contribution < 1.29 is 0 Å². The number of nitrogens with two attached hydrogens (primary N) is 1. The molecule has 94 valence electrons. The fourth-order valence-electron chi connectivity index (χ4n) is 2.50. The number of aromatic nitrogens is 1. The van der Waals surface area contributed by atoms with Gasteiger partial charge in [0.15, 0.2) is 0 Å². The van der Waals surface area contributed by atoms with Gasteiger partial charge in [0.05, 0.1) is 5.02 Å². The Balaban J connectivity index is 2.10. The highest BCUT2D eigenvalue weighted by Crippen LogP contribution is 2.27. The third-order valence-corrected chi connectivity index (χ3v) is 3.60. The normalized spacial score (nSPS) is 16.4. The van der Waals surface area contributed by atoms with Crippen LogP contribution in [0.5, 0.6) is 0 Å². The zero-order chi connectivity index (χ0) is 12.1. The average molecular weight is 254 g/mol. The van der Waals surface area contributed by atoms with Gasteiger partial charge in [0, 0.05) is 18.8 Å². The van der Waals surface area contributed by atoms with E-state index < -0.39 is 0 Å². The number of hydrogen-bond acceptors (Lipinski definition) is 3. The van der Waals surface area contributed by atoms with Crippen LogP contribution < -0.4 is 10.6 Å². The molecule has 17 heavy (non-hydrogen) atoms. The van der Waals surface area contributed by atoms with Gasteiger partial charge in [-0.3, -0.25) is 0 Å². The summed E-state index contributed by atoms with van der Waals surface area (Å²) in [6.07, 6.45) is 7.95. The van der Waals surface area contributed by atoms with Crippen LogP contribution in [0.25, 0.3) is 0 Å². The molecule has 1 aromatic heterocycles. The summed E-state index contributed by atoms with van der Waals surface area (Å²) in [5.74, 6) is 1.04. The van der Waals surface area contributed by atoms with Crippen LogP contribution in [0.3, 0.4) is 0 Å². The molecular weight excluding hydrogens is 234 g/mol. The van der Waals surface area contributed by atoms with Gasteiger partial charge in [-0.1, -0.05) is 24.4 Å². The van der Waals surface area contributed by atoms with E-state index in [0.717, 1.165) is 25.3 Å². The summed E-state index contributed by atoms with van der Waals surface area (Å²) in [5, 5.41) is 0.693. The second-order valence-corrected chi connectivity index (χ2v) is 5.04. The summed E-state index contributed by atoms with van der Waals surface area (Å²) in [6.45, 7) is 1.73. The lowest BCUT2D eigenvalue weighted by atomic mass is 10.2. The molecule has 0 radical (unpaired) electrons. The first-order chi connectivity index (χ1) is 8.31. The number of anilines is 1. The molecule has 1 aliphatic carbocycles. The van der Waals surface area contributed by atoms with Crippen molar-refractivity contribution in [3.63, 3.8) is 0 Å². The van der Waals surface area contributed by atoms with Crippen molar-refractivity contribution >= 4 is 17.4 Å². The highest BCUT2D eigenvalue weighted by atomic mass is 35.5. The molecule has 2 N–H and O–H groups in total. The minimum Gasteiger partial charge on any atom is -0.354 e. The molecule has 1 saturated carbocycles. The number of pyridine rings is 1. The molecule has 1 aromatic rings. The van der Waals surface area contributed by atoms with Gasteiger partial charge >= 0.3 is 0 Å². The van der Waals surface area contributed by atoms with Gasteiger partial charge in [-0.15, -0.1) is 0 Å². The van der Waals surface area contributed by atoms with Gasteiger partial charge in [-0.25, -0.2) is 4.98 Å². The van der Waals surface area contributed by atoms with Gasteiger partial charge in [-0.2, -0.15) is 0 Å². The third-order valence-electron chi connectivity index (χ3n) is 3.37. The molecule has 1 heterocycles. The molecule has 1 aliphatic rings. The first-order valence-corrected chi connectivity index (χ1v) is 6.77. The highest BCUT2D eigenvalue weighted by molar-refractivity contribution is 6.30. The van der Waals surface area contributed by atoms with E-state index in [2.05, 4.69) is 9.88 Å². The van der Waals surface area contributed by atoms with Crippen LogP contribution in [0.4, 0.5) is 5.82 Å². The molecule has 1 fully saturated rings. The molecule has 0 aliphatic heterocycles. The summed E-state index contributed by atoms with van der Waals surface area (Å²) >= 11 is 5.88. The highest BCUT2D eigenvalue weighted by Gasteiger charge is 2.23. The number of halogens is 1. The summed E-state index contributed by atoms with van der Waals surface area (Å²) in [6, 6.07) is 4.56. The minimum absolute atomic E-state index is 0.634. The van der Waals surface area contributed by atoms with Crippen LogP contribution in [-0.2, 0) is 0 Å². The van der Waals surface area contributed by atoms with Crippen molar-refractivity contribution in [2.45, 2.75) is 38.1 Å². The fourth-order valence-corrected chi connectivity index (χ4v) is 2.61. The SMILES string of the molecule is NCCCN(c1ccc(Cl)cn1)C1CCCC1. The van der Waals surface area contributed by atoms with Gasteiger partial charge in [-0.05, 0) is 37.9 Å². The van der Waals surface area contributed by atoms with Gasteiger partial charge < -0.3 is 10.6 Å². The maximum atomic E-state index is 5.88. The maximum Gasteiger partial charge on any atom is 0.128 e. The van der Waals surface area contributed by atoms with E-state index in [0.29, 0.717) is 11.1 Å². The standard InChI is InChI=1S/C13H20ClN3/c14-11-6-7-13(16-10-11)17(9-3-8-15)12-4-1-2-5-12/h6-7,10,12H,1-5,8-9,15H2.